The number of carbonyl (C=O) groups excluding carboxylic acids is 1. The fourth-order valence-electron chi connectivity index (χ4n) is 3.92. The fourth-order valence-corrected chi connectivity index (χ4v) is 3.92. The van der Waals surface area contributed by atoms with Crippen LogP contribution in [0.25, 0.3) is 0 Å². The Morgan fingerprint density at radius 2 is 1.71 bits per heavy atom. The molecule has 0 radical (unpaired) electrons. The summed E-state index contributed by atoms with van der Waals surface area (Å²) in [5.74, 6) is -1.36. The van der Waals surface area contributed by atoms with Crippen molar-refractivity contribution >= 4 is 11.9 Å². The quantitative estimate of drug-likeness (QED) is 0.442. The first-order valence-corrected chi connectivity index (χ1v) is 9.43. The van der Waals surface area contributed by atoms with Gasteiger partial charge in [0.2, 0.25) is 0 Å². The van der Waals surface area contributed by atoms with Crippen molar-refractivity contribution in [3.8, 4) is 0 Å². The maximum atomic E-state index is 11.6. The standard InChI is InChI=1S/C19H34O5/c1-13(2)6-4-7-14(3)8-5-9-15-10-11-16(18(20)21)17(12-15)19(22)24-23/h13-17,23H,4-12H2,1-3H3,(H,20,21). The molecule has 5 nitrogen and oxygen atoms in total. The van der Waals surface area contributed by atoms with Crippen LogP contribution in [-0.2, 0) is 14.5 Å². The Morgan fingerprint density at radius 1 is 1.04 bits per heavy atom. The van der Waals surface area contributed by atoms with Crippen molar-refractivity contribution in [3.05, 3.63) is 0 Å². The van der Waals surface area contributed by atoms with E-state index in [1.165, 1.54) is 25.7 Å². The van der Waals surface area contributed by atoms with Crippen LogP contribution < -0.4 is 0 Å². The number of aliphatic carboxylic acids is 1. The SMILES string of the molecule is CC(C)CCCC(C)CCCC1CCC(C(=O)O)C(C(=O)OO)C1. The fraction of sp³-hybridized carbons (Fsp3) is 0.895. The third-order valence-corrected chi connectivity index (χ3v) is 5.46. The molecule has 2 N–H and O–H groups in total. The van der Waals surface area contributed by atoms with Gasteiger partial charge in [0.25, 0.3) is 0 Å². The molecule has 0 bridgehead atoms. The molecule has 0 amide bonds. The molecule has 1 fully saturated rings. The van der Waals surface area contributed by atoms with Gasteiger partial charge in [0.1, 0.15) is 0 Å². The van der Waals surface area contributed by atoms with E-state index in [1.54, 1.807) is 0 Å². The van der Waals surface area contributed by atoms with Crippen LogP contribution in [0.5, 0.6) is 0 Å². The predicted octanol–water partition coefficient (Wildman–Crippen LogP) is 4.75. The van der Waals surface area contributed by atoms with E-state index in [0.717, 1.165) is 31.1 Å². The van der Waals surface area contributed by atoms with Crippen molar-refractivity contribution < 1.29 is 24.8 Å². The van der Waals surface area contributed by atoms with Crippen molar-refractivity contribution in [2.45, 2.75) is 78.6 Å². The Kier molecular flexibility index (Phi) is 9.34. The van der Waals surface area contributed by atoms with Gasteiger partial charge in [-0.05, 0) is 37.0 Å². The maximum absolute atomic E-state index is 11.6. The van der Waals surface area contributed by atoms with Gasteiger partial charge in [0.05, 0.1) is 11.8 Å². The zero-order chi connectivity index (χ0) is 18.1. The molecule has 0 spiro atoms. The third kappa shape index (κ3) is 7.20. The summed E-state index contributed by atoms with van der Waals surface area (Å²) in [5, 5.41) is 17.8. The van der Waals surface area contributed by atoms with Crippen LogP contribution in [0.1, 0.15) is 78.6 Å². The van der Waals surface area contributed by atoms with Gasteiger partial charge >= 0.3 is 11.9 Å². The molecule has 5 heteroatoms. The highest BCUT2D eigenvalue weighted by atomic mass is 17.1. The molecular weight excluding hydrogens is 308 g/mol. The predicted molar refractivity (Wildman–Crippen MR) is 92.4 cm³/mol. The Balaban J connectivity index is 2.33. The van der Waals surface area contributed by atoms with Gasteiger partial charge in [-0.1, -0.05) is 59.3 Å². The molecule has 24 heavy (non-hydrogen) atoms. The molecule has 0 heterocycles. The van der Waals surface area contributed by atoms with E-state index >= 15 is 0 Å². The van der Waals surface area contributed by atoms with E-state index in [4.69, 9.17) is 5.26 Å². The van der Waals surface area contributed by atoms with Crippen LogP contribution in [0.2, 0.25) is 0 Å². The summed E-state index contributed by atoms with van der Waals surface area (Å²) >= 11 is 0. The van der Waals surface area contributed by atoms with Crippen LogP contribution in [-0.4, -0.2) is 22.3 Å². The third-order valence-electron chi connectivity index (χ3n) is 5.46. The van der Waals surface area contributed by atoms with Crippen molar-refractivity contribution in [3.63, 3.8) is 0 Å². The van der Waals surface area contributed by atoms with Gasteiger partial charge in [-0.15, -0.1) is 0 Å². The molecule has 1 aliphatic carbocycles. The molecule has 0 aliphatic heterocycles. The largest absolute Gasteiger partial charge is 0.481 e. The van der Waals surface area contributed by atoms with Crippen LogP contribution in [0.15, 0.2) is 0 Å². The lowest BCUT2D eigenvalue weighted by Crippen LogP contribution is -2.36. The lowest BCUT2D eigenvalue weighted by molar-refractivity contribution is -0.242. The van der Waals surface area contributed by atoms with E-state index in [2.05, 4.69) is 25.7 Å². The summed E-state index contributed by atoms with van der Waals surface area (Å²) in [6.45, 7) is 6.81. The van der Waals surface area contributed by atoms with Crippen molar-refractivity contribution in [2.24, 2.45) is 29.6 Å². The lowest BCUT2D eigenvalue weighted by atomic mass is 9.72. The van der Waals surface area contributed by atoms with E-state index in [9.17, 15) is 14.7 Å². The number of rotatable bonds is 10. The minimum atomic E-state index is -0.970. The van der Waals surface area contributed by atoms with E-state index in [1.807, 2.05) is 0 Å². The second-order valence-electron chi connectivity index (χ2n) is 8.00. The summed E-state index contributed by atoms with van der Waals surface area (Å²) in [5.41, 5.74) is 0. The van der Waals surface area contributed by atoms with Crippen LogP contribution in [0.4, 0.5) is 0 Å². The molecule has 1 aliphatic rings. The second-order valence-corrected chi connectivity index (χ2v) is 8.00. The molecule has 4 atom stereocenters. The lowest BCUT2D eigenvalue weighted by Gasteiger charge is -2.31. The number of carboxylic acids is 1. The van der Waals surface area contributed by atoms with Crippen LogP contribution in [0.3, 0.4) is 0 Å². The Hall–Kier alpha value is -1.10. The number of carbonyl (C=O) groups is 2. The summed E-state index contributed by atoms with van der Waals surface area (Å²) in [7, 11) is 0. The molecule has 0 saturated heterocycles. The minimum absolute atomic E-state index is 0.354. The second kappa shape index (κ2) is 10.7. The van der Waals surface area contributed by atoms with Gasteiger partial charge < -0.3 is 9.99 Å². The first kappa shape index (κ1) is 20.9. The van der Waals surface area contributed by atoms with Crippen molar-refractivity contribution in [2.75, 3.05) is 0 Å². The highest BCUT2D eigenvalue weighted by Crippen LogP contribution is 2.37. The highest BCUT2D eigenvalue weighted by Gasteiger charge is 2.40. The highest BCUT2D eigenvalue weighted by molar-refractivity contribution is 5.81. The van der Waals surface area contributed by atoms with Gasteiger partial charge in [-0.2, -0.15) is 5.26 Å². The Morgan fingerprint density at radius 3 is 2.29 bits per heavy atom. The first-order chi connectivity index (χ1) is 11.3. The zero-order valence-electron chi connectivity index (χ0n) is 15.4. The molecule has 1 rings (SSSR count). The summed E-state index contributed by atoms with van der Waals surface area (Å²) in [6.07, 6.45) is 9.01. The molecule has 1 saturated carbocycles. The Bertz CT molecular complexity index is 393. The van der Waals surface area contributed by atoms with Gasteiger partial charge in [-0.3, -0.25) is 4.79 Å². The van der Waals surface area contributed by atoms with E-state index in [0.29, 0.717) is 18.8 Å². The maximum Gasteiger partial charge on any atom is 0.345 e. The summed E-state index contributed by atoms with van der Waals surface area (Å²) in [6, 6.07) is 0. The van der Waals surface area contributed by atoms with Crippen molar-refractivity contribution in [1.29, 1.82) is 0 Å². The molecular formula is C19H34O5. The average molecular weight is 342 g/mol. The number of carboxylic acid groups (broad SMARTS) is 1. The molecule has 4 unspecified atom stereocenters. The van der Waals surface area contributed by atoms with Gasteiger partial charge in [0.15, 0.2) is 0 Å². The minimum Gasteiger partial charge on any atom is -0.481 e. The van der Waals surface area contributed by atoms with Gasteiger partial charge in [0, 0.05) is 0 Å². The van der Waals surface area contributed by atoms with E-state index < -0.39 is 23.8 Å². The van der Waals surface area contributed by atoms with Gasteiger partial charge in [-0.25, -0.2) is 4.79 Å². The van der Waals surface area contributed by atoms with Crippen LogP contribution in [0, 0.1) is 29.6 Å². The number of hydrogen-bond donors (Lipinski definition) is 2. The molecule has 0 aromatic carbocycles. The smallest absolute Gasteiger partial charge is 0.345 e. The normalized spacial score (nSPS) is 25.5. The topological polar surface area (TPSA) is 83.8 Å². The van der Waals surface area contributed by atoms with E-state index in [-0.39, 0.29) is 0 Å². The van der Waals surface area contributed by atoms with Crippen LogP contribution >= 0.6 is 0 Å². The zero-order valence-corrected chi connectivity index (χ0v) is 15.4. The molecule has 140 valence electrons. The number of hydrogen-bond acceptors (Lipinski definition) is 4. The summed E-state index contributed by atoms with van der Waals surface area (Å²) < 4.78 is 0. The average Bonchev–Trinajstić information content (AvgIpc) is 2.53. The summed E-state index contributed by atoms with van der Waals surface area (Å²) in [4.78, 5) is 26.7. The first-order valence-electron chi connectivity index (χ1n) is 9.43. The Labute approximate surface area is 145 Å². The van der Waals surface area contributed by atoms with Crippen molar-refractivity contribution in [1.82, 2.24) is 0 Å². The molecule has 0 aromatic heterocycles. The monoisotopic (exact) mass is 342 g/mol. The molecule has 0 aromatic rings.